The SMILES string of the molecule is CCn1ccc(-c2ccc(CN3CCC(C)(CC#N)C(F)C3)cc2)n1. The predicted octanol–water partition coefficient (Wildman–Crippen LogP) is 4.03. The molecule has 2 heterocycles. The largest absolute Gasteiger partial charge is 0.296 e. The van der Waals surface area contributed by atoms with Crippen LogP contribution in [0.1, 0.15) is 32.3 Å². The number of aromatic nitrogens is 2. The second-order valence-corrected chi connectivity index (χ2v) is 7.20. The number of hydrogen-bond acceptors (Lipinski definition) is 3. The quantitative estimate of drug-likeness (QED) is 0.825. The fourth-order valence-corrected chi connectivity index (χ4v) is 3.36. The summed E-state index contributed by atoms with van der Waals surface area (Å²) >= 11 is 0. The Labute approximate surface area is 148 Å². The van der Waals surface area contributed by atoms with E-state index in [0.717, 1.165) is 37.3 Å². The summed E-state index contributed by atoms with van der Waals surface area (Å²) in [7, 11) is 0. The molecule has 1 aromatic carbocycles. The zero-order chi connectivity index (χ0) is 17.9. The van der Waals surface area contributed by atoms with E-state index in [4.69, 9.17) is 5.26 Å². The second kappa shape index (κ2) is 7.37. The van der Waals surface area contributed by atoms with Gasteiger partial charge in [-0.15, -0.1) is 0 Å². The third-order valence-corrected chi connectivity index (χ3v) is 5.28. The summed E-state index contributed by atoms with van der Waals surface area (Å²) in [5.74, 6) is 0. The van der Waals surface area contributed by atoms with E-state index in [2.05, 4.69) is 47.3 Å². The normalized spacial score (nSPS) is 24.2. The van der Waals surface area contributed by atoms with Crippen LogP contribution < -0.4 is 0 Å². The number of benzene rings is 1. The first-order valence-corrected chi connectivity index (χ1v) is 8.90. The summed E-state index contributed by atoms with van der Waals surface area (Å²) < 4.78 is 16.4. The van der Waals surface area contributed by atoms with Gasteiger partial charge < -0.3 is 0 Å². The lowest BCUT2D eigenvalue weighted by molar-refractivity contribution is 0.0186. The van der Waals surface area contributed by atoms with Gasteiger partial charge in [0.25, 0.3) is 0 Å². The van der Waals surface area contributed by atoms with Gasteiger partial charge in [0.15, 0.2) is 0 Å². The van der Waals surface area contributed by atoms with E-state index in [1.807, 2.05) is 23.9 Å². The van der Waals surface area contributed by atoms with Crippen molar-refractivity contribution in [1.29, 1.82) is 5.26 Å². The average Bonchev–Trinajstić information content (AvgIpc) is 3.09. The lowest BCUT2D eigenvalue weighted by atomic mass is 9.76. The Kier molecular flexibility index (Phi) is 5.19. The van der Waals surface area contributed by atoms with Gasteiger partial charge in [0.1, 0.15) is 6.17 Å². The molecule has 0 amide bonds. The molecule has 0 N–H and O–H groups in total. The van der Waals surface area contributed by atoms with Crippen LogP contribution in [0.4, 0.5) is 4.39 Å². The van der Waals surface area contributed by atoms with Crippen molar-refractivity contribution >= 4 is 0 Å². The number of nitriles is 1. The van der Waals surface area contributed by atoms with Gasteiger partial charge in [-0.05, 0) is 31.5 Å². The molecule has 1 aromatic heterocycles. The molecule has 2 atom stereocenters. The van der Waals surface area contributed by atoms with Gasteiger partial charge in [-0.1, -0.05) is 31.2 Å². The Bertz CT molecular complexity index is 746. The van der Waals surface area contributed by atoms with E-state index < -0.39 is 11.6 Å². The van der Waals surface area contributed by atoms with Crippen molar-refractivity contribution in [3.63, 3.8) is 0 Å². The molecule has 0 bridgehead atoms. The van der Waals surface area contributed by atoms with Crippen molar-refractivity contribution in [3.8, 4) is 17.3 Å². The zero-order valence-corrected chi connectivity index (χ0v) is 15.0. The molecular weight excluding hydrogens is 315 g/mol. The van der Waals surface area contributed by atoms with Gasteiger partial charge in [0.05, 0.1) is 11.8 Å². The van der Waals surface area contributed by atoms with E-state index in [-0.39, 0.29) is 0 Å². The predicted molar refractivity (Wildman–Crippen MR) is 96.5 cm³/mol. The minimum Gasteiger partial charge on any atom is -0.296 e. The van der Waals surface area contributed by atoms with E-state index >= 15 is 0 Å². The maximum Gasteiger partial charge on any atom is 0.119 e. The molecular formula is C20H25FN4. The molecule has 0 saturated carbocycles. The van der Waals surface area contributed by atoms with E-state index in [1.54, 1.807) is 0 Å². The molecule has 0 aliphatic carbocycles. The van der Waals surface area contributed by atoms with Gasteiger partial charge in [0.2, 0.25) is 0 Å². The Morgan fingerprint density at radius 2 is 2.08 bits per heavy atom. The van der Waals surface area contributed by atoms with Gasteiger partial charge in [-0.25, -0.2) is 4.39 Å². The number of aryl methyl sites for hydroxylation is 1. The molecule has 1 aliphatic heterocycles. The van der Waals surface area contributed by atoms with Crippen LogP contribution in [-0.2, 0) is 13.1 Å². The molecule has 25 heavy (non-hydrogen) atoms. The van der Waals surface area contributed by atoms with E-state index in [9.17, 15) is 4.39 Å². The average molecular weight is 340 g/mol. The van der Waals surface area contributed by atoms with E-state index in [1.165, 1.54) is 5.56 Å². The molecule has 0 radical (unpaired) electrons. The maximum absolute atomic E-state index is 14.5. The highest BCUT2D eigenvalue weighted by molar-refractivity contribution is 5.58. The highest BCUT2D eigenvalue weighted by Crippen LogP contribution is 2.36. The molecule has 2 aromatic rings. The first-order valence-electron chi connectivity index (χ1n) is 8.90. The van der Waals surface area contributed by atoms with Crippen molar-refractivity contribution in [1.82, 2.24) is 14.7 Å². The lowest BCUT2D eigenvalue weighted by Crippen LogP contribution is -2.47. The van der Waals surface area contributed by atoms with Crippen LogP contribution in [-0.4, -0.2) is 33.9 Å². The molecule has 0 spiro atoms. The fraction of sp³-hybridized carbons (Fsp3) is 0.500. The van der Waals surface area contributed by atoms with Crippen LogP contribution in [0.15, 0.2) is 36.5 Å². The van der Waals surface area contributed by atoms with Crippen LogP contribution in [0.5, 0.6) is 0 Å². The summed E-state index contributed by atoms with van der Waals surface area (Å²) in [4.78, 5) is 2.14. The van der Waals surface area contributed by atoms with Gasteiger partial charge in [0, 0.05) is 43.2 Å². The number of rotatable bonds is 5. The van der Waals surface area contributed by atoms with Gasteiger partial charge >= 0.3 is 0 Å². The molecule has 3 rings (SSSR count). The first kappa shape index (κ1) is 17.6. The minimum absolute atomic E-state index is 0.293. The number of piperidine rings is 1. The molecule has 2 unspecified atom stereocenters. The Morgan fingerprint density at radius 1 is 1.32 bits per heavy atom. The molecule has 132 valence electrons. The maximum atomic E-state index is 14.5. The standard InChI is InChI=1S/C20H25FN4/c1-3-25-12-8-18(23-25)17-6-4-16(5-7-17)14-24-13-10-20(2,9-11-22)19(21)15-24/h4-8,12,19H,3,9-10,13-15H2,1-2H3. The molecule has 5 heteroatoms. The smallest absolute Gasteiger partial charge is 0.119 e. The van der Waals surface area contributed by atoms with Crippen LogP contribution in [0.25, 0.3) is 11.3 Å². The molecule has 4 nitrogen and oxygen atoms in total. The second-order valence-electron chi connectivity index (χ2n) is 7.20. The van der Waals surface area contributed by atoms with Crippen LogP contribution >= 0.6 is 0 Å². The van der Waals surface area contributed by atoms with Crippen molar-refractivity contribution in [2.75, 3.05) is 13.1 Å². The molecule has 1 saturated heterocycles. The Morgan fingerprint density at radius 3 is 2.68 bits per heavy atom. The van der Waals surface area contributed by atoms with Gasteiger partial charge in [-0.3, -0.25) is 9.58 Å². The highest BCUT2D eigenvalue weighted by Gasteiger charge is 2.39. The summed E-state index contributed by atoms with van der Waals surface area (Å²) in [5.41, 5.74) is 2.75. The van der Waals surface area contributed by atoms with E-state index in [0.29, 0.717) is 13.0 Å². The van der Waals surface area contributed by atoms with Crippen molar-refractivity contribution in [2.45, 2.75) is 46.0 Å². The number of hydrogen-bond donors (Lipinski definition) is 0. The highest BCUT2D eigenvalue weighted by atomic mass is 19.1. The molecule has 1 fully saturated rings. The fourth-order valence-electron chi connectivity index (χ4n) is 3.36. The van der Waals surface area contributed by atoms with Crippen molar-refractivity contribution in [3.05, 3.63) is 42.1 Å². The van der Waals surface area contributed by atoms with Crippen LogP contribution in [0, 0.1) is 16.7 Å². The molecule has 1 aliphatic rings. The topological polar surface area (TPSA) is 44.9 Å². The third-order valence-electron chi connectivity index (χ3n) is 5.28. The van der Waals surface area contributed by atoms with Crippen LogP contribution in [0.3, 0.4) is 0 Å². The summed E-state index contributed by atoms with van der Waals surface area (Å²) in [6.07, 6.45) is 2.06. The first-order chi connectivity index (χ1) is 12.0. The van der Waals surface area contributed by atoms with Gasteiger partial charge in [-0.2, -0.15) is 10.4 Å². The number of halogens is 1. The van der Waals surface area contributed by atoms with Crippen molar-refractivity contribution < 1.29 is 4.39 Å². The van der Waals surface area contributed by atoms with Crippen molar-refractivity contribution in [2.24, 2.45) is 5.41 Å². The summed E-state index contributed by atoms with van der Waals surface area (Å²) in [6, 6.07) is 12.5. The summed E-state index contributed by atoms with van der Waals surface area (Å²) in [5, 5.41) is 13.4. The zero-order valence-electron chi connectivity index (χ0n) is 15.0. The lowest BCUT2D eigenvalue weighted by Gasteiger charge is -2.41. The monoisotopic (exact) mass is 340 g/mol. The number of likely N-dealkylation sites (tertiary alicyclic amines) is 1. The third kappa shape index (κ3) is 3.91. The Hall–Kier alpha value is -2.19. The Balaban J connectivity index is 1.62. The minimum atomic E-state index is -0.946. The number of nitrogens with zero attached hydrogens (tertiary/aromatic N) is 4. The summed E-state index contributed by atoms with van der Waals surface area (Å²) in [6.45, 7) is 6.80. The van der Waals surface area contributed by atoms with Crippen LogP contribution in [0.2, 0.25) is 0 Å². The number of alkyl halides is 1.